The Morgan fingerprint density at radius 1 is 0.971 bits per heavy atom. The Labute approximate surface area is 208 Å². The summed E-state index contributed by atoms with van der Waals surface area (Å²) in [7, 11) is 1.64. The van der Waals surface area contributed by atoms with E-state index >= 15 is 0 Å². The van der Waals surface area contributed by atoms with Gasteiger partial charge in [-0.25, -0.2) is 4.79 Å². The highest BCUT2D eigenvalue weighted by molar-refractivity contribution is 5.85. The van der Waals surface area contributed by atoms with Gasteiger partial charge in [0, 0.05) is 56.0 Å². The van der Waals surface area contributed by atoms with E-state index in [0.717, 1.165) is 17.5 Å². The fourth-order valence-electron chi connectivity index (χ4n) is 4.00. The van der Waals surface area contributed by atoms with Crippen molar-refractivity contribution in [1.29, 1.82) is 0 Å². The van der Waals surface area contributed by atoms with E-state index in [1.807, 2.05) is 74.3 Å². The van der Waals surface area contributed by atoms with E-state index in [4.69, 9.17) is 4.74 Å². The molecule has 0 radical (unpaired) electrons. The zero-order valence-corrected chi connectivity index (χ0v) is 21.3. The average molecular weight is 479 g/mol. The SMILES string of the molecule is COCCCN(CC(=O)N(CCc1c[nH]c2ccccc12)Cc1ccccc1)C(=O)NC(C)(C)C. The first kappa shape index (κ1) is 26.3. The van der Waals surface area contributed by atoms with Gasteiger partial charge in [-0.1, -0.05) is 48.5 Å². The van der Waals surface area contributed by atoms with Crippen LogP contribution in [0.4, 0.5) is 4.79 Å². The molecule has 0 aliphatic rings. The summed E-state index contributed by atoms with van der Waals surface area (Å²) in [5, 5.41) is 4.16. The standard InChI is InChI=1S/C28H38N4O3/c1-28(2,3)30-27(34)32(16-10-18-35-4)21-26(33)31(20-22-11-6-5-7-12-22)17-15-23-19-29-25-14-9-8-13-24(23)25/h5-9,11-14,19,29H,10,15-18,20-21H2,1-4H3,(H,30,34). The third-order valence-electron chi connectivity index (χ3n) is 5.77. The zero-order valence-electron chi connectivity index (χ0n) is 21.3. The Bertz CT molecular complexity index is 1090. The molecule has 3 aromatic rings. The lowest BCUT2D eigenvalue weighted by Crippen LogP contribution is -2.52. The quantitative estimate of drug-likeness (QED) is 0.396. The Balaban J connectivity index is 1.75. The Hall–Kier alpha value is -3.32. The molecule has 2 aromatic carbocycles. The molecule has 0 saturated heterocycles. The van der Waals surface area contributed by atoms with Crippen molar-refractivity contribution >= 4 is 22.8 Å². The monoisotopic (exact) mass is 478 g/mol. The highest BCUT2D eigenvalue weighted by atomic mass is 16.5. The number of amides is 3. The maximum absolute atomic E-state index is 13.5. The highest BCUT2D eigenvalue weighted by Gasteiger charge is 2.24. The number of benzene rings is 2. The van der Waals surface area contributed by atoms with Crippen LogP contribution >= 0.6 is 0 Å². The molecule has 0 bridgehead atoms. The van der Waals surface area contributed by atoms with Gasteiger partial charge in [-0.3, -0.25) is 4.79 Å². The molecule has 3 rings (SSSR count). The molecule has 0 spiro atoms. The number of carbonyl (C=O) groups is 2. The van der Waals surface area contributed by atoms with Crippen molar-refractivity contribution in [3.05, 3.63) is 71.9 Å². The molecule has 7 nitrogen and oxygen atoms in total. The van der Waals surface area contributed by atoms with Gasteiger partial charge in [0.05, 0.1) is 0 Å². The number of ether oxygens (including phenoxy) is 1. The molecule has 188 valence electrons. The molecule has 0 atom stereocenters. The van der Waals surface area contributed by atoms with Gasteiger partial charge in [-0.05, 0) is 50.8 Å². The van der Waals surface area contributed by atoms with Crippen molar-refractivity contribution in [2.75, 3.05) is 33.4 Å². The van der Waals surface area contributed by atoms with E-state index < -0.39 is 5.54 Å². The number of nitrogens with zero attached hydrogens (tertiary/aromatic N) is 2. The zero-order chi connectivity index (χ0) is 25.3. The molecule has 1 heterocycles. The number of methoxy groups -OCH3 is 1. The number of carbonyl (C=O) groups excluding carboxylic acids is 2. The van der Waals surface area contributed by atoms with Crippen molar-refractivity contribution < 1.29 is 14.3 Å². The summed E-state index contributed by atoms with van der Waals surface area (Å²) in [5.74, 6) is -0.0739. The molecule has 0 unspecified atom stereocenters. The second kappa shape index (κ2) is 12.4. The van der Waals surface area contributed by atoms with Crippen molar-refractivity contribution in [2.24, 2.45) is 0 Å². The number of aromatic amines is 1. The molecule has 0 saturated carbocycles. The lowest BCUT2D eigenvalue weighted by atomic mass is 10.1. The third-order valence-corrected chi connectivity index (χ3v) is 5.77. The van der Waals surface area contributed by atoms with Gasteiger partial charge in [-0.15, -0.1) is 0 Å². The van der Waals surface area contributed by atoms with E-state index in [1.54, 1.807) is 12.0 Å². The summed E-state index contributed by atoms with van der Waals surface area (Å²) in [6.07, 6.45) is 3.40. The molecule has 3 amide bonds. The number of urea groups is 1. The van der Waals surface area contributed by atoms with Gasteiger partial charge in [0.1, 0.15) is 6.54 Å². The normalized spacial score (nSPS) is 11.4. The molecule has 0 aliphatic carbocycles. The number of fused-ring (bicyclic) bond motifs is 1. The molecule has 1 aromatic heterocycles. The topological polar surface area (TPSA) is 77.7 Å². The minimum absolute atomic E-state index is 0.0202. The van der Waals surface area contributed by atoms with Crippen LogP contribution in [0.1, 0.15) is 38.3 Å². The third kappa shape index (κ3) is 8.14. The van der Waals surface area contributed by atoms with Crippen LogP contribution in [0, 0.1) is 0 Å². The first-order chi connectivity index (χ1) is 16.8. The van der Waals surface area contributed by atoms with Crippen molar-refractivity contribution in [3.63, 3.8) is 0 Å². The van der Waals surface area contributed by atoms with Crippen LogP contribution < -0.4 is 5.32 Å². The van der Waals surface area contributed by atoms with Gasteiger partial charge < -0.3 is 24.8 Å². The number of hydrogen-bond donors (Lipinski definition) is 2. The van der Waals surface area contributed by atoms with Crippen LogP contribution in [0.2, 0.25) is 0 Å². The lowest BCUT2D eigenvalue weighted by Gasteiger charge is -2.30. The van der Waals surface area contributed by atoms with Crippen LogP contribution in [0.15, 0.2) is 60.8 Å². The lowest BCUT2D eigenvalue weighted by molar-refractivity contribution is -0.132. The highest BCUT2D eigenvalue weighted by Crippen LogP contribution is 2.19. The second-order valence-corrected chi connectivity index (χ2v) is 9.86. The maximum atomic E-state index is 13.5. The summed E-state index contributed by atoms with van der Waals surface area (Å²) >= 11 is 0. The summed E-state index contributed by atoms with van der Waals surface area (Å²) < 4.78 is 5.16. The minimum Gasteiger partial charge on any atom is -0.385 e. The first-order valence-corrected chi connectivity index (χ1v) is 12.2. The van der Waals surface area contributed by atoms with Crippen LogP contribution in [0.3, 0.4) is 0 Å². The first-order valence-electron chi connectivity index (χ1n) is 12.2. The number of para-hydroxylation sites is 1. The Morgan fingerprint density at radius 3 is 2.40 bits per heavy atom. The fraction of sp³-hybridized carbons (Fsp3) is 0.429. The summed E-state index contributed by atoms with van der Waals surface area (Å²) in [6.45, 7) is 7.85. The predicted molar refractivity (Wildman–Crippen MR) is 140 cm³/mol. The van der Waals surface area contributed by atoms with Gasteiger partial charge in [0.25, 0.3) is 0 Å². The largest absolute Gasteiger partial charge is 0.385 e. The van der Waals surface area contributed by atoms with E-state index in [-0.39, 0.29) is 18.5 Å². The van der Waals surface area contributed by atoms with Crippen molar-refractivity contribution in [1.82, 2.24) is 20.1 Å². The number of rotatable bonds is 11. The molecule has 35 heavy (non-hydrogen) atoms. The number of H-pyrrole nitrogens is 1. The van der Waals surface area contributed by atoms with E-state index in [9.17, 15) is 9.59 Å². The minimum atomic E-state index is -0.390. The van der Waals surface area contributed by atoms with Crippen molar-refractivity contribution in [2.45, 2.75) is 45.7 Å². The molecule has 7 heteroatoms. The smallest absolute Gasteiger partial charge is 0.318 e. The number of aromatic nitrogens is 1. The van der Waals surface area contributed by atoms with Gasteiger partial charge in [0.2, 0.25) is 5.91 Å². The van der Waals surface area contributed by atoms with Crippen molar-refractivity contribution in [3.8, 4) is 0 Å². The summed E-state index contributed by atoms with van der Waals surface area (Å²) in [5.41, 5.74) is 2.93. The van der Waals surface area contributed by atoms with E-state index in [0.29, 0.717) is 32.7 Å². The Morgan fingerprint density at radius 2 is 1.69 bits per heavy atom. The number of nitrogens with one attached hydrogen (secondary N) is 2. The van der Waals surface area contributed by atoms with Crippen LogP contribution in [-0.4, -0.2) is 65.6 Å². The summed E-state index contributed by atoms with van der Waals surface area (Å²) in [6, 6.07) is 17.9. The molecule has 2 N–H and O–H groups in total. The van der Waals surface area contributed by atoms with Gasteiger partial charge >= 0.3 is 6.03 Å². The second-order valence-electron chi connectivity index (χ2n) is 9.86. The van der Waals surface area contributed by atoms with Crippen LogP contribution in [0.5, 0.6) is 0 Å². The van der Waals surface area contributed by atoms with Gasteiger partial charge in [-0.2, -0.15) is 0 Å². The average Bonchev–Trinajstić information content (AvgIpc) is 3.24. The van der Waals surface area contributed by atoms with E-state index in [1.165, 1.54) is 10.9 Å². The van der Waals surface area contributed by atoms with Crippen LogP contribution in [-0.2, 0) is 22.5 Å². The summed E-state index contributed by atoms with van der Waals surface area (Å²) in [4.78, 5) is 33.3. The number of hydrogen-bond acceptors (Lipinski definition) is 3. The maximum Gasteiger partial charge on any atom is 0.318 e. The van der Waals surface area contributed by atoms with Crippen LogP contribution in [0.25, 0.3) is 10.9 Å². The fourth-order valence-corrected chi connectivity index (χ4v) is 4.00. The Kier molecular flexibility index (Phi) is 9.32. The van der Waals surface area contributed by atoms with E-state index in [2.05, 4.69) is 22.4 Å². The predicted octanol–water partition coefficient (Wildman–Crippen LogP) is 4.59. The molecule has 0 aliphatic heterocycles. The molecule has 0 fully saturated rings. The molecular weight excluding hydrogens is 440 g/mol. The molecular formula is C28H38N4O3. The van der Waals surface area contributed by atoms with Gasteiger partial charge in [0.15, 0.2) is 0 Å².